The van der Waals surface area contributed by atoms with Crippen molar-refractivity contribution in [3.63, 3.8) is 0 Å². The molecule has 0 unspecified atom stereocenters. The number of aryl methyl sites for hydroxylation is 1. The molecule has 1 N–H and O–H groups in total. The van der Waals surface area contributed by atoms with E-state index < -0.39 is 11.7 Å². The molecule has 0 saturated heterocycles. The zero-order chi connectivity index (χ0) is 27.7. The lowest BCUT2D eigenvalue weighted by molar-refractivity contribution is 0.0547. The van der Waals surface area contributed by atoms with Gasteiger partial charge in [0.1, 0.15) is 34.4 Å². The number of carbonyl (C=O) groups is 1. The van der Waals surface area contributed by atoms with Gasteiger partial charge in [0, 0.05) is 41.5 Å². The number of hydrogen-bond acceptors (Lipinski definition) is 9. The van der Waals surface area contributed by atoms with Crippen LogP contribution in [0.15, 0.2) is 59.5 Å². The summed E-state index contributed by atoms with van der Waals surface area (Å²) < 4.78 is 25.0. The molecular formula is C28H30N6O5. The summed E-state index contributed by atoms with van der Waals surface area (Å²) in [6.07, 6.45) is 4.76. The first-order valence-electron chi connectivity index (χ1n) is 12.3. The number of carbonyl (C=O) groups excluding carboxylic acids is 1. The maximum Gasteiger partial charge on any atom is 0.419 e. The first-order valence-corrected chi connectivity index (χ1v) is 12.3. The minimum absolute atomic E-state index is 0.434. The summed E-state index contributed by atoms with van der Waals surface area (Å²) in [6, 6.07) is 11.0. The van der Waals surface area contributed by atoms with Gasteiger partial charge in [0.05, 0.1) is 43.9 Å². The van der Waals surface area contributed by atoms with Crippen molar-refractivity contribution in [3.05, 3.63) is 66.4 Å². The number of benzene rings is 1. The number of ether oxygens (including phenoxy) is 3. The van der Waals surface area contributed by atoms with Crippen LogP contribution in [-0.4, -0.2) is 50.4 Å². The quantitative estimate of drug-likeness (QED) is 0.279. The van der Waals surface area contributed by atoms with Crippen LogP contribution in [-0.2, 0) is 11.3 Å². The van der Waals surface area contributed by atoms with Crippen LogP contribution in [0, 0.1) is 6.92 Å². The van der Waals surface area contributed by atoms with E-state index in [-0.39, 0.29) is 0 Å². The van der Waals surface area contributed by atoms with Gasteiger partial charge >= 0.3 is 6.09 Å². The van der Waals surface area contributed by atoms with Gasteiger partial charge in [-0.3, -0.25) is 4.68 Å². The Hall–Kier alpha value is -4.80. The number of rotatable bonds is 7. The maximum atomic E-state index is 13.5. The van der Waals surface area contributed by atoms with E-state index in [0.717, 1.165) is 22.4 Å². The van der Waals surface area contributed by atoms with Crippen LogP contribution in [0.5, 0.6) is 11.5 Å². The topological polar surface area (TPSA) is 118 Å². The average Bonchev–Trinajstić information content (AvgIpc) is 3.61. The molecule has 11 nitrogen and oxygen atoms in total. The van der Waals surface area contributed by atoms with Crippen LogP contribution in [0.2, 0.25) is 0 Å². The summed E-state index contributed by atoms with van der Waals surface area (Å²) in [5, 5.41) is 12.5. The second kappa shape index (κ2) is 10.2. The van der Waals surface area contributed by atoms with Gasteiger partial charge in [-0.2, -0.15) is 5.10 Å². The lowest BCUT2D eigenvalue weighted by Crippen LogP contribution is -2.27. The first kappa shape index (κ1) is 25.8. The molecule has 0 aliphatic carbocycles. The highest BCUT2D eigenvalue weighted by Crippen LogP contribution is 2.34. The number of anilines is 2. The highest BCUT2D eigenvalue weighted by molar-refractivity contribution is 5.97. The Labute approximate surface area is 225 Å². The SMILES string of the molecule is COc1ccc(Nc2cc3c(cn2)cc(-c2cnn(Cc4cc(C)on4)c2)n3C(=O)OC(C)(C)C)c(OC)c1. The Balaban J connectivity index is 1.55. The van der Waals surface area contributed by atoms with Crippen LogP contribution in [0.1, 0.15) is 32.2 Å². The van der Waals surface area contributed by atoms with E-state index in [2.05, 4.69) is 20.6 Å². The van der Waals surface area contributed by atoms with Crippen molar-refractivity contribution in [1.82, 2.24) is 24.5 Å². The predicted octanol–water partition coefficient (Wildman–Crippen LogP) is 5.79. The Morgan fingerprint density at radius 2 is 1.90 bits per heavy atom. The molecule has 39 heavy (non-hydrogen) atoms. The van der Waals surface area contributed by atoms with Crippen LogP contribution in [0.3, 0.4) is 0 Å². The van der Waals surface area contributed by atoms with E-state index in [0.29, 0.717) is 40.8 Å². The standard InChI is InChI=1S/C28H30N6O5/c1-17-9-20(32-39-17)16-33-15-19(14-30-33)23-10-18-13-29-26(12-24(18)34(23)27(35)38-28(2,3)4)31-22-8-7-21(36-5)11-25(22)37-6/h7-15H,16H2,1-6H3,(H,29,31). The molecule has 5 aromatic rings. The molecule has 0 saturated carbocycles. The van der Waals surface area contributed by atoms with E-state index >= 15 is 0 Å². The second-order valence-electron chi connectivity index (χ2n) is 10.0. The van der Waals surface area contributed by atoms with Gasteiger partial charge in [0.15, 0.2) is 0 Å². The largest absolute Gasteiger partial charge is 0.497 e. The van der Waals surface area contributed by atoms with Crippen molar-refractivity contribution in [2.45, 2.75) is 39.8 Å². The van der Waals surface area contributed by atoms with Gasteiger partial charge in [-0.1, -0.05) is 5.16 Å². The normalized spacial score (nSPS) is 11.5. The van der Waals surface area contributed by atoms with Crippen molar-refractivity contribution < 1.29 is 23.5 Å². The number of nitrogens with zero attached hydrogens (tertiary/aromatic N) is 5. The number of hydrogen-bond donors (Lipinski definition) is 1. The third-order valence-corrected chi connectivity index (χ3v) is 5.86. The number of methoxy groups -OCH3 is 2. The van der Waals surface area contributed by atoms with E-state index in [1.807, 2.05) is 58.2 Å². The summed E-state index contributed by atoms with van der Waals surface area (Å²) in [6.45, 7) is 7.77. The lowest BCUT2D eigenvalue weighted by atomic mass is 10.2. The molecule has 1 aromatic carbocycles. The molecule has 11 heteroatoms. The zero-order valence-corrected chi connectivity index (χ0v) is 22.7. The van der Waals surface area contributed by atoms with Gasteiger partial charge in [-0.15, -0.1) is 0 Å². The van der Waals surface area contributed by atoms with Gasteiger partial charge < -0.3 is 24.1 Å². The highest BCUT2D eigenvalue weighted by Gasteiger charge is 2.24. The van der Waals surface area contributed by atoms with Gasteiger partial charge in [-0.05, 0) is 45.9 Å². The second-order valence-corrected chi connectivity index (χ2v) is 10.0. The number of fused-ring (bicyclic) bond motifs is 1. The van der Waals surface area contributed by atoms with Crippen molar-refractivity contribution in [2.24, 2.45) is 0 Å². The number of nitrogens with one attached hydrogen (secondary N) is 1. The van der Waals surface area contributed by atoms with Crippen molar-refractivity contribution in [1.29, 1.82) is 0 Å². The molecule has 0 radical (unpaired) electrons. The van der Waals surface area contributed by atoms with Gasteiger partial charge in [0.2, 0.25) is 0 Å². The molecule has 202 valence electrons. The summed E-state index contributed by atoms with van der Waals surface area (Å²) in [5.41, 5.74) is 2.76. The number of aromatic nitrogens is 5. The monoisotopic (exact) mass is 530 g/mol. The Morgan fingerprint density at radius 3 is 2.59 bits per heavy atom. The van der Waals surface area contributed by atoms with Crippen LogP contribution < -0.4 is 14.8 Å². The fourth-order valence-corrected chi connectivity index (χ4v) is 4.17. The third-order valence-electron chi connectivity index (χ3n) is 5.86. The fourth-order valence-electron chi connectivity index (χ4n) is 4.17. The average molecular weight is 531 g/mol. The van der Waals surface area contributed by atoms with Crippen molar-refractivity contribution in [2.75, 3.05) is 19.5 Å². The summed E-state index contributed by atoms with van der Waals surface area (Å²) in [5.74, 6) is 2.52. The van der Waals surface area contributed by atoms with Crippen LogP contribution >= 0.6 is 0 Å². The lowest BCUT2D eigenvalue weighted by Gasteiger charge is -2.21. The Kier molecular flexibility index (Phi) is 6.73. The first-order chi connectivity index (χ1) is 18.6. The molecular weight excluding hydrogens is 500 g/mol. The Bertz CT molecular complexity index is 1640. The smallest absolute Gasteiger partial charge is 0.419 e. The number of pyridine rings is 1. The van der Waals surface area contributed by atoms with Crippen LogP contribution in [0.25, 0.3) is 22.2 Å². The van der Waals surface area contributed by atoms with E-state index in [4.69, 9.17) is 18.7 Å². The molecule has 0 amide bonds. The maximum absolute atomic E-state index is 13.5. The molecule has 5 rings (SSSR count). The third kappa shape index (κ3) is 5.57. The molecule has 4 aromatic heterocycles. The summed E-state index contributed by atoms with van der Waals surface area (Å²) >= 11 is 0. The predicted molar refractivity (Wildman–Crippen MR) is 146 cm³/mol. The fraction of sp³-hybridized carbons (Fsp3) is 0.286. The molecule has 4 heterocycles. The minimum Gasteiger partial charge on any atom is -0.497 e. The minimum atomic E-state index is -0.690. The summed E-state index contributed by atoms with van der Waals surface area (Å²) in [7, 11) is 3.18. The molecule has 0 fully saturated rings. The summed E-state index contributed by atoms with van der Waals surface area (Å²) in [4.78, 5) is 18.0. The molecule has 0 bridgehead atoms. The van der Waals surface area contributed by atoms with E-state index in [9.17, 15) is 4.79 Å². The van der Waals surface area contributed by atoms with E-state index in [1.54, 1.807) is 48.0 Å². The highest BCUT2D eigenvalue weighted by atomic mass is 16.6. The van der Waals surface area contributed by atoms with Crippen LogP contribution in [0.4, 0.5) is 16.3 Å². The molecule has 0 atom stereocenters. The van der Waals surface area contributed by atoms with Crippen molar-refractivity contribution >= 4 is 28.5 Å². The molecule has 0 spiro atoms. The van der Waals surface area contributed by atoms with E-state index in [1.165, 1.54) is 0 Å². The van der Waals surface area contributed by atoms with Gasteiger partial charge in [0.25, 0.3) is 0 Å². The molecule has 0 aliphatic heterocycles. The molecule has 0 aliphatic rings. The Morgan fingerprint density at radius 1 is 1.08 bits per heavy atom. The zero-order valence-electron chi connectivity index (χ0n) is 22.7. The van der Waals surface area contributed by atoms with Crippen molar-refractivity contribution in [3.8, 4) is 22.8 Å². The van der Waals surface area contributed by atoms with Gasteiger partial charge in [-0.25, -0.2) is 14.3 Å².